The van der Waals surface area contributed by atoms with Crippen LogP contribution in [-0.4, -0.2) is 25.8 Å². The lowest BCUT2D eigenvalue weighted by Crippen LogP contribution is -2.25. The fourth-order valence-electron chi connectivity index (χ4n) is 1.88. The summed E-state index contributed by atoms with van der Waals surface area (Å²) in [5, 5.41) is 2.62. The fraction of sp³-hybridized carbons (Fsp3) is 0.385. The van der Waals surface area contributed by atoms with E-state index in [1.54, 1.807) is 0 Å². The molecule has 7 nitrogen and oxygen atoms in total. The molecule has 0 aromatic carbocycles. The van der Waals surface area contributed by atoms with E-state index in [0.29, 0.717) is 17.9 Å². The molecule has 7 heteroatoms. The molecule has 0 radical (unpaired) electrons. The molecule has 20 heavy (non-hydrogen) atoms. The number of H-pyrrole nitrogens is 2. The number of carbonyl (C=O) groups excluding carboxylic acids is 1. The van der Waals surface area contributed by atoms with Crippen molar-refractivity contribution >= 4 is 22.9 Å². The van der Waals surface area contributed by atoms with E-state index in [4.69, 9.17) is 6.42 Å². The Hall–Kier alpha value is -2.62. The van der Waals surface area contributed by atoms with E-state index >= 15 is 0 Å². The zero-order valence-electron chi connectivity index (χ0n) is 11.2. The van der Waals surface area contributed by atoms with Crippen molar-refractivity contribution < 1.29 is 4.79 Å². The number of rotatable bonds is 4. The van der Waals surface area contributed by atoms with Gasteiger partial charge in [0.25, 0.3) is 0 Å². The second kappa shape index (κ2) is 5.57. The third-order valence-corrected chi connectivity index (χ3v) is 2.78. The van der Waals surface area contributed by atoms with E-state index in [9.17, 15) is 9.59 Å². The predicted molar refractivity (Wildman–Crippen MR) is 74.9 cm³/mol. The lowest BCUT2D eigenvalue weighted by atomic mass is 9.97. The van der Waals surface area contributed by atoms with Crippen molar-refractivity contribution in [3.63, 3.8) is 0 Å². The monoisotopic (exact) mass is 273 g/mol. The second-order valence-corrected chi connectivity index (χ2v) is 4.86. The molecule has 0 spiro atoms. The van der Waals surface area contributed by atoms with Gasteiger partial charge in [0.15, 0.2) is 5.65 Å². The SMILES string of the molecule is C#CC(CC(C)C)C(=O)Nc1[nH]c(=O)nc2nc[nH]c12. The van der Waals surface area contributed by atoms with E-state index < -0.39 is 11.6 Å². The summed E-state index contributed by atoms with van der Waals surface area (Å²) >= 11 is 0. The molecule has 0 aliphatic heterocycles. The molecule has 1 unspecified atom stereocenters. The molecule has 0 bridgehead atoms. The van der Waals surface area contributed by atoms with Gasteiger partial charge in [0.2, 0.25) is 5.91 Å². The van der Waals surface area contributed by atoms with Crippen molar-refractivity contribution in [1.29, 1.82) is 0 Å². The number of amides is 1. The van der Waals surface area contributed by atoms with E-state index in [1.165, 1.54) is 6.33 Å². The molecule has 2 aromatic rings. The summed E-state index contributed by atoms with van der Waals surface area (Å²) in [5.41, 5.74) is 0.115. The molecule has 1 amide bonds. The number of hydrogen-bond acceptors (Lipinski definition) is 4. The normalized spacial score (nSPS) is 12.3. The maximum atomic E-state index is 12.1. The van der Waals surface area contributed by atoms with Crippen molar-refractivity contribution in [2.75, 3.05) is 5.32 Å². The number of anilines is 1. The molecular weight excluding hydrogens is 258 g/mol. The molecular formula is C13H15N5O2. The highest BCUT2D eigenvalue weighted by molar-refractivity contribution is 5.98. The first-order chi connectivity index (χ1) is 9.51. The third-order valence-electron chi connectivity index (χ3n) is 2.78. The van der Waals surface area contributed by atoms with Gasteiger partial charge in [0.05, 0.1) is 12.2 Å². The van der Waals surface area contributed by atoms with E-state index in [1.807, 2.05) is 13.8 Å². The first-order valence-corrected chi connectivity index (χ1v) is 6.21. The van der Waals surface area contributed by atoms with Crippen molar-refractivity contribution in [1.82, 2.24) is 19.9 Å². The van der Waals surface area contributed by atoms with Crippen LogP contribution >= 0.6 is 0 Å². The van der Waals surface area contributed by atoms with Gasteiger partial charge in [-0.25, -0.2) is 9.78 Å². The summed E-state index contributed by atoms with van der Waals surface area (Å²) < 4.78 is 0. The van der Waals surface area contributed by atoms with Gasteiger partial charge in [-0.3, -0.25) is 9.78 Å². The standard InChI is InChI=1S/C13H15N5O2/c1-4-8(5-7(2)3)12(19)16-11-9-10(15-6-14-9)17-13(20)18-11/h1,6-8H,5H2,2-3H3,(H3,14,15,16,17,18,19,20). The van der Waals surface area contributed by atoms with Gasteiger partial charge in [0, 0.05) is 0 Å². The lowest BCUT2D eigenvalue weighted by Gasteiger charge is -2.13. The van der Waals surface area contributed by atoms with Crippen LogP contribution in [0.15, 0.2) is 11.1 Å². The molecule has 2 rings (SSSR count). The summed E-state index contributed by atoms with van der Waals surface area (Å²) in [4.78, 5) is 36.3. The number of aromatic nitrogens is 4. The molecule has 0 aliphatic rings. The molecule has 3 N–H and O–H groups in total. The number of carbonyl (C=O) groups is 1. The molecule has 2 heterocycles. The Morgan fingerprint density at radius 1 is 1.55 bits per heavy atom. The Morgan fingerprint density at radius 2 is 2.30 bits per heavy atom. The van der Waals surface area contributed by atoms with Crippen molar-refractivity contribution in [3.8, 4) is 12.3 Å². The number of imidazole rings is 1. The van der Waals surface area contributed by atoms with E-state index in [2.05, 4.69) is 31.2 Å². The first-order valence-electron chi connectivity index (χ1n) is 6.21. The molecule has 104 valence electrons. The first kappa shape index (κ1) is 13.8. The fourth-order valence-corrected chi connectivity index (χ4v) is 1.88. The summed E-state index contributed by atoms with van der Waals surface area (Å²) in [7, 11) is 0. The Balaban J connectivity index is 2.28. The number of hydrogen-bond donors (Lipinski definition) is 3. The van der Waals surface area contributed by atoms with Crippen molar-refractivity contribution in [3.05, 3.63) is 16.8 Å². The Bertz CT molecular complexity index is 722. The van der Waals surface area contributed by atoms with Gasteiger partial charge < -0.3 is 10.3 Å². The average molecular weight is 273 g/mol. The molecule has 0 saturated heterocycles. The van der Waals surface area contributed by atoms with Gasteiger partial charge in [-0.15, -0.1) is 6.42 Å². The van der Waals surface area contributed by atoms with Crippen LogP contribution in [0.3, 0.4) is 0 Å². The van der Waals surface area contributed by atoms with Crippen LogP contribution in [-0.2, 0) is 4.79 Å². The summed E-state index contributed by atoms with van der Waals surface area (Å²) in [5.74, 6) is 2.10. The maximum absolute atomic E-state index is 12.1. The Labute approximate surface area is 115 Å². The van der Waals surface area contributed by atoms with E-state index in [0.717, 1.165) is 0 Å². The number of nitrogens with one attached hydrogen (secondary N) is 3. The quantitative estimate of drug-likeness (QED) is 0.719. The minimum absolute atomic E-state index is 0.228. The lowest BCUT2D eigenvalue weighted by molar-refractivity contribution is -0.118. The maximum Gasteiger partial charge on any atom is 0.348 e. The van der Waals surface area contributed by atoms with Crippen LogP contribution in [0.2, 0.25) is 0 Å². The molecule has 0 aliphatic carbocycles. The van der Waals surface area contributed by atoms with Gasteiger partial charge in [-0.1, -0.05) is 19.8 Å². The van der Waals surface area contributed by atoms with Gasteiger partial charge in [-0.05, 0) is 12.3 Å². The molecule has 0 fully saturated rings. The third kappa shape index (κ3) is 2.85. The Kier molecular flexibility index (Phi) is 3.84. The Morgan fingerprint density at radius 3 is 2.95 bits per heavy atom. The smallest absolute Gasteiger partial charge is 0.340 e. The summed E-state index contributed by atoms with van der Waals surface area (Å²) in [6.45, 7) is 3.97. The number of fused-ring (bicyclic) bond motifs is 1. The topological polar surface area (TPSA) is 104 Å². The van der Waals surface area contributed by atoms with Crippen LogP contribution in [0.5, 0.6) is 0 Å². The molecule has 2 aromatic heterocycles. The van der Waals surface area contributed by atoms with Gasteiger partial charge in [0.1, 0.15) is 11.3 Å². The van der Waals surface area contributed by atoms with Gasteiger partial charge in [-0.2, -0.15) is 4.98 Å². The van der Waals surface area contributed by atoms with Crippen LogP contribution < -0.4 is 11.0 Å². The zero-order chi connectivity index (χ0) is 14.7. The highest BCUT2D eigenvalue weighted by atomic mass is 16.2. The average Bonchev–Trinajstić information content (AvgIpc) is 2.83. The van der Waals surface area contributed by atoms with Crippen LogP contribution in [0.25, 0.3) is 11.2 Å². The predicted octanol–water partition coefficient (Wildman–Crippen LogP) is 0.880. The van der Waals surface area contributed by atoms with E-state index in [-0.39, 0.29) is 17.4 Å². The van der Waals surface area contributed by atoms with Gasteiger partial charge >= 0.3 is 5.69 Å². The largest absolute Gasteiger partial charge is 0.348 e. The van der Waals surface area contributed by atoms with Crippen LogP contribution in [0, 0.1) is 24.2 Å². The van der Waals surface area contributed by atoms with Crippen LogP contribution in [0.1, 0.15) is 20.3 Å². The summed E-state index contributed by atoms with van der Waals surface area (Å²) in [6.07, 6.45) is 7.35. The second-order valence-electron chi connectivity index (χ2n) is 4.86. The van der Waals surface area contributed by atoms with Crippen molar-refractivity contribution in [2.24, 2.45) is 11.8 Å². The molecule has 1 atom stereocenters. The minimum atomic E-state index is -0.582. The number of terminal acetylenes is 1. The minimum Gasteiger partial charge on any atom is -0.340 e. The van der Waals surface area contributed by atoms with Crippen LogP contribution in [0.4, 0.5) is 5.82 Å². The highest BCUT2D eigenvalue weighted by Crippen LogP contribution is 2.16. The molecule has 0 saturated carbocycles. The number of nitrogens with zero attached hydrogens (tertiary/aromatic N) is 2. The van der Waals surface area contributed by atoms with Crippen molar-refractivity contribution in [2.45, 2.75) is 20.3 Å². The number of aromatic amines is 2. The summed E-state index contributed by atoms with van der Waals surface area (Å²) in [6, 6.07) is 0. The zero-order valence-corrected chi connectivity index (χ0v) is 11.2. The highest BCUT2D eigenvalue weighted by Gasteiger charge is 2.19.